The second-order valence-corrected chi connectivity index (χ2v) is 2.10. The van der Waals surface area contributed by atoms with Crippen LogP contribution in [-0.2, 0) is 6.61 Å². The second-order valence-electron chi connectivity index (χ2n) is 2.10. The molecule has 0 radical (unpaired) electrons. The summed E-state index contributed by atoms with van der Waals surface area (Å²) in [6, 6.07) is 0. The molecule has 1 heterocycles. The number of imidazole rings is 1. The molecule has 0 saturated heterocycles. The van der Waals surface area contributed by atoms with Crippen molar-refractivity contribution in [2.45, 2.75) is 13.5 Å². The van der Waals surface area contributed by atoms with E-state index in [1.807, 2.05) is 0 Å². The molecule has 0 bridgehead atoms. The third-order valence-corrected chi connectivity index (χ3v) is 1.48. The molecule has 0 amide bonds. The molecule has 0 spiro atoms. The van der Waals surface area contributed by atoms with Gasteiger partial charge in [-0.3, -0.25) is 11.7 Å². The Balaban J connectivity index is 3.17. The molecule has 0 aliphatic carbocycles. The van der Waals surface area contributed by atoms with Crippen molar-refractivity contribution in [2.75, 3.05) is 11.7 Å². The van der Waals surface area contributed by atoms with Gasteiger partial charge in [-0.25, -0.2) is 0 Å². The van der Waals surface area contributed by atoms with Gasteiger partial charge in [-0.15, -0.1) is 9.35 Å². The summed E-state index contributed by atoms with van der Waals surface area (Å²) in [5, 5.41) is 8.69. The number of aliphatic hydroxyl groups excluding tert-OH is 1. The predicted octanol–water partition coefficient (Wildman–Crippen LogP) is -2.00. The smallest absolute Gasteiger partial charge is 0.299 e. The van der Waals surface area contributed by atoms with Crippen molar-refractivity contribution in [1.29, 1.82) is 0 Å². The molecule has 10 heavy (non-hydrogen) atoms. The molecule has 5 N–H and O–H groups in total. The van der Waals surface area contributed by atoms with Crippen LogP contribution in [0.2, 0.25) is 0 Å². The van der Waals surface area contributed by atoms with Crippen molar-refractivity contribution in [3.8, 4) is 0 Å². The minimum absolute atomic E-state index is 0.0957. The van der Waals surface area contributed by atoms with Crippen LogP contribution in [0.15, 0.2) is 6.20 Å². The van der Waals surface area contributed by atoms with E-state index in [1.165, 1.54) is 9.35 Å². The maximum Gasteiger partial charge on any atom is 0.299 e. The van der Waals surface area contributed by atoms with Crippen LogP contribution in [0.25, 0.3) is 0 Å². The topological polar surface area (TPSA) is 81.1 Å². The highest BCUT2D eigenvalue weighted by Crippen LogP contribution is 1.94. The van der Waals surface area contributed by atoms with Gasteiger partial charge in [0.25, 0.3) is 5.82 Å². The number of rotatable bonds is 1. The van der Waals surface area contributed by atoms with Crippen LogP contribution in [-0.4, -0.2) is 9.78 Å². The van der Waals surface area contributed by atoms with Gasteiger partial charge in [0.2, 0.25) is 0 Å². The zero-order chi connectivity index (χ0) is 7.72. The van der Waals surface area contributed by atoms with Gasteiger partial charge in [-0.2, -0.15) is 0 Å². The van der Waals surface area contributed by atoms with E-state index in [9.17, 15) is 0 Å². The molecular formula is C5H11N4O+. The number of nitrogens with zero attached hydrogens (tertiary/aromatic N) is 2. The molecule has 1 rings (SSSR count). The van der Waals surface area contributed by atoms with Crippen molar-refractivity contribution >= 4 is 0 Å². The van der Waals surface area contributed by atoms with Crippen molar-refractivity contribution in [2.24, 2.45) is 0 Å². The van der Waals surface area contributed by atoms with Gasteiger partial charge >= 0.3 is 0 Å². The Kier molecular flexibility index (Phi) is 1.50. The summed E-state index contributed by atoms with van der Waals surface area (Å²) in [7, 11) is 0. The Morgan fingerprint density at radius 2 is 2.40 bits per heavy atom. The number of nitrogens with two attached hydrogens (primary N) is 2. The summed E-state index contributed by atoms with van der Waals surface area (Å²) in [6.45, 7) is 1.67. The van der Waals surface area contributed by atoms with Crippen LogP contribution in [0, 0.1) is 6.92 Å². The average molecular weight is 143 g/mol. The molecule has 0 unspecified atom stereocenters. The Hall–Kier alpha value is -1.23. The normalized spacial score (nSPS) is 10.2. The number of aliphatic hydroxyl groups is 1. The zero-order valence-electron chi connectivity index (χ0n) is 5.78. The van der Waals surface area contributed by atoms with Gasteiger partial charge in [0.15, 0.2) is 11.9 Å². The number of hydrogen-bond donors (Lipinski definition) is 3. The number of nitrogen functional groups attached to an aromatic ring is 2. The monoisotopic (exact) mass is 143 g/mol. The van der Waals surface area contributed by atoms with Crippen molar-refractivity contribution in [3.63, 3.8) is 0 Å². The minimum Gasteiger partial charge on any atom is -0.388 e. The predicted molar refractivity (Wildman–Crippen MR) is 35.6 cm³/mol. The first kappa shape index (κ1) is 6.88. The molecule has 1 aromatic rings. The van der Waals surface area contributed by atoms with E-state index in [4.69, 9.17) is 16.8 Å². The van der Waals surface area contributed by atoms with E-state index in [1.54, 1.807) is 13.1 Å². The molecule has 0 aliphatic rings. The van der Waals surface area contributed by atoms with Gasteiger partial charge in [0, 0.05) is 6.92 Å². The lowest BCUT2D eigenvalue weighted by atomic mass is 10.5. The fourth-order valence-corrected chi connectivity index (χ4v) is 0.765. The number of hydrogen-bond acceptors (Lipinski definition) is 3. The largest absolute Gasteiger partial charge is 0.388 e. The summed E-state index contributed by atoms with van der Waals surface area (Å²) in [5.74, 6) is 11.6. The molecule has 0 fully saturated rings. The summed E-state index contributed by atoms with van der Waals surface area (Å²) >= 11 is 0. The average Bonchev–Trinajstić information content (AvgIpc) is 2.17. The van der Waals surface area contributed by atoms with Gasteiger partial charge < -0.3 is 5.11 Å². The van der Waals surface area contributed by atoms with E-state index in [-0.39, 0.29) is 6.61 Å². The fourth-order valence-electron chi connectivity index (χ4n) is 0.765. The van der Waals surface area contributed by atoms with Crippen molar-refractivity contribution < 1.29 is 9.78 Å². The molecule has 0 atom stereocenters. The maximum atomic E-state index is 8.69. The molecule has 0 aliphatic heterocycles. The molecule has 0 saturated carbocycles. The Morgan fingerprint density at radius 3 is 2.60 bits per heavy atom. The summed E-state index contributed by atoms with van der Waals surface area (Å²) in [6.07, 6.45) is 1.58. The van der Waals surface area contributed by atoms with Crippen LogP contribution in [0.5, 0.6) is 0 Å². The first-order valence-electron chi connectivity index (χ1n) is 2.90. The Labute approximate surface area is 58.4 Å². The molecule has 0 aromatic carbocycles. The van der Waals surface area contributed by atoms with Crippen molar-refractivity contribution in [3.05, 3.63) is 17.7 Å². The third-order valence-electron chi connectivity index (χ3n) is 1.48. The molecule has 56 valence electrons. The van der Waals surface area contributed by atoms with Crippen LogP contribution in [0.3, 0.4) is 0 Å². The van der Waals surface area contributed by atoms with Gasteiger partial charge in [-0.1, -0.05) is 0 Å². The molecule has 5 nitrogen and oxygen atoms in total. The standard InChI is InChI=1S/C5H11N4O/c1-4-8(6)2-5(3-10)9(4)7/h2,10H,3,6-7H2,1H3/q+1. The lowest BCUT2D eigenvalue weighted by Gasteiger charge is -1.88. The van der Waals surface area contributed by atoms with Crippen LogP contribution >= 0.6 is 0 Å². The Bertz CT molecular complexity index is 242. The maximum absolute atomic E-state index is 8.69. The van der Waals surface area contributed by atoms with Gasteiger partial charge in [0.1, 0.15) is 6.61 Å². The summed E-state index contributed by atoms with van der Waals surface area (Å²) < 4.78 is 2.71. The minimum atomic E-state index is -0.0957. The van der Waals surface area contributed by atoms with E-state index < -0.39 is 0 Å². The van der Waals surface area contributed by atoms with Crippen LogP contribution < -0.4 is 16.4 Å². The van der Waals surface area contributed by atoms with E-state index in [0.29, 0.717) is 11.5 Å². The molecular weight excluding hydrogens is 132 g/mol. The SMILES string of the molecule is Cc1n(N)c(CO)c[n+]1N. The van der Waals surface area contributed by atoms with Gasteiger partial charge in [-0.05, 0) is 0 Å². The van der Waals surface area contributed by atoms with E-state index in [2.05, 4.69) is 0 Å². The number of aromatic nitrogens is 2. The summed E-state index contributed by atoms with van der Waals surface area (Å²) in [4.78, 5) is 0. The first-order chi connectivity index (χ1) is 4.66. The fraction of sp³-hybridized carbons (Fsp3) is 0.400. The first-order valence-corrected chi connectivity index (χ1v) is 2.90. The third kappa shape index (κ3) is 0.801. The van der Waals surface area contributed by atoms with Crippen LogP contribution in [0.4, 0.5) is 0 Å². The van der Waals surface area contributed by atoms with Crippen molar-refractivity contribution in [1.82, 2.24) is 4.68 Å². The second kappa shape index (κ2) is 2.18. The van der Waals surface area contributed by atoms with Crippen LogP contribution in [0.1, 0.15) is 11.5 Å². The van der Waals surface area contributed by atoms with E-state index >= 15 is 0 Å². The lowest BCUT2D eigenvalue weighted by Crippen LogP contribution is -2.46. The highest BCUT2D eigenvalue weighted by Gasteiger charge is 2.14. The quantitative estimate of drug-likeness (QED) is 0.314. The lowest BCUT2D eigenvalue weighted by molar-refractivity contribution is -0.645. The van der Waals surface area contributed by atoms with Gasteiger partial charge in [0.05, 0.1) is 0 Å². The zero-order valence-corrected chi connectivity index (χ0v) is 5.78. The highest BCUT2D eigenvalue weighted by molar-refractivity contribution is 4.96. The molecule has 1 aromatic heterocycles. The summed E-state index contributed by atoms with van der Waals surface area (Å²) in [5.41, 5.74) is 0.597. The highest BCUT2D eigenvalue weighted by atomic mass is 16.3. The molecule has 5 heteroatoms. The van der Waals surface area contributed by atoms with E-state index in [0.717, 1.165) is 0 Å². The Morgan fingerprint density at radius 1 is 1.80 bits per heavy atom.